The van der Waals surface area contributed by atoms with Crippen molar-refractivity contribution in [1.82, 2.24) is 14.7 Å². The Hall–Kier alpha value is -1.07. The fraction of sp³-hybridized carbons (Fsp3) is 0.750. The Bertz CT molecular complexity index is 346. The molecule has 0 bridgehead atoms. The van der Waals surface area contributed by atoms with Gasteiger partial charge in [0.2, 0.25) is 0 Å². The van der Waals surface area contributed by atoms with Gasteiger partial charge in [-0.3, -0.25) is 4.68 Å². The van der Waals surface area contributed by atoms with Gasteiger partial charge >= 0.3 is 0 Å². The molecule has 0 saturated heterocycles. The summed E-state index contributed by atoms with van der Waals surface area (Å²) in [5.74, 6) is 0. The van der Waals surface area contributed by atoms with Gasteiger partial charge in [-0.25, -0.2) is 0 Å². The van der Waals surface area contributed by atoms with Crippen LogP contribution in [-0.2, 0) is 6.54 Å². The Morgan fingerprint density at radius 2 is 2.29 bits per heavy atom. The number of nitrogens with zero attached hydrogens (tertiary/aromatic N) is 3. The Labute approximate surface area is 102 Å². The fourth-order valence-electron chi connectivity index (χ4n) is 2.58. The lowest BCUT2D eigenvalue weighted by Gasteiger charge is -2.26. The highest BCUT2D eigenvalue weighted by Crippen LogP contribution is 2.22. The van der Waals surface area contributed by atoms with E-state index in [0.717, 1.165) is 0 Å². The summed E-state index contributed by atoms with van der Waals surface area (Å²) in [5.41, 5.74) is 6.22. The van der Waals surface area contributed by atoms with Crippen molar-refractivity contribution >= 4 is 5.69 Å². The van der Waals surface area contributed by atoms with Crippen molar-refractivity contribution < 1.29 is 5.11 Å². The summed E-state index contributed by atoms with van der Waals surface area (Å²) in [6, 6.07) is 0.646. The lowest BCUT2D eigenvalue weighted by atomic mass is 10.2. The number of aliphatic hydroxyl groups is 1. The fourth-order valence-corrected chi connectivity index (χ4v) is 2.58. The number of likely N-dealkylation sites (N-methyl/N-ethyl adjacent to an activating group) is 1. The van der Waals surface area contributed by atoms with Crippen molar-refractivity contribution in [2.45, 2.75) is 44.4 Å². The SMILES string of the molecule is CN(CC(O)Cn1cc(N)cn1)C1CCCC1. The maximum Gasteiger partial charge on any atom is 0.0862 e. The number of nitrogen functional groups attached to an aromatic ring is 1. The first-order valence-corrected chi connectivity index (χ1v) is 6.31. The quantitative estimate of drug-likeness (QED) is 0.792. The van der Waals surface area contributed by atoms with Gasteiger partial charge < -0.3 is 15.7 Å². The van der Waals surface area contributed by atoms with Crippen LogP contribution >= 0.6 is 0 Å². The Morgan fingerprint density at radius 1 is 1.59 bits per heavy atom. The topological polar surface area (TPSA) is 67.3 Å². The molecule has 1 unspecified atom stereocenters. The van der Waals surface area contributed by atoms with Crippen LogP contribution in [0.25, 0.3) is 0 Å². The van der Waals surface area contributed by atoms with Gasteiger partial charge in [-0.05, 0) is 19.9 Å². The van der Waals surface area contributed by atoms with Crippen LogP contribution in [0.2, 0.25) is 0 Å². The molecule has 5 nitrogen and oxygen atoms in total. The summed E-state index contributed by atoms with van der Waals surface area (Å²) in [7, 11) is 2.09. The zero-order chi connectivity index (χ0) is 12.3. The van der Waals surface area contributed by atoms with E-state index < -0.39 is 0 Å². The zero-order valence-electron chi connectivity index (χ0n) is 10.4. The van der Waals surface area contributed by atoms with E-state index in [1.54, 1.807) is 17.1 Å². The van der Waals surface area contributed by atoms with Crippen molar-refractivity contribution in [2.75, 3.05) is 19.3 Å². The summed E-state index contributed by atoms with van der Waals surface area (Å²) in [4.78, 5) is 2.27. The van der Waals surface area contributed by atoms with Gasteiger partial charge in [0.05, 0.1) is 24.5 Å². The second-order valence-corrected chi connectivity index (χ2v) is 5.03. The predicted molar refractivity (Wildman–Crippen MR) is 67.5 cm³/mol. The highest BCUT2D eigenvalue weighted by molar-refractivity contribution is 5.30. The van der Waals surface area contributed by atoms with Crippen LogP contribution in [0.3, 0.4) is 0 Å². The number of anilines is 1. The predicted octanol–water partition coefficient (Wildman–Crippen LogP) is 0.701. The first-order chi connectivity index (χ1) is 8.15. The molecule has 3 N–H and O–H groups in total. The summed E-state index contributed by atoms with van der Waals surface area (Å²) in [6.45, 7) is 1.21. The Kier molecular flexibility index (Phi) is 4.02. The number of hydrogen-bond acceptors (Lipinski definition) is 4. The molecule has 1 fully saturated rings. The average Bonchev–Trinajstić information content (AvgIpc) is 2.89. The molecule has 0 spiro atoms. The lowest BCUT2D eigenvalue weighted by Crippen LogP contribution is -2.37. The van der Waals surface area contributed by atoms with Crippen LogP contribution in [-0.4, -0.2) is 45.5 Å². The molecule has 2 rings (SSSR count). The number of nitrogens with two attached hydrogens (primary N) is 1. The molecular formula is C12H22N4O. The summed E-state index contributed by atoms with van der Waals surface area (Å²) in [6.07, 6.45) is 8.13. The minimum absolute atomic E-state index is 0.389. The van der Waals surface area contributed by atoms with Crippen LogP contribution in [0.5, 0.6) is 0 Å². The lowest BCUT2D eigenvalue weighted by molar-refractivity contribution is 0.0887. The number of rotatable bonds is 5. The number of aliphatic hydroxyl groups excluding tert-OH is 1. The van der Waals surface area contributed by atoms with Crippen molar-refractivity contribution in [1.29, 1.82) is 0 Å². The molecule has 1 atom stereocenters. The van der Waals surface area contributed by atoms with E-state index >= 15 is 0 Å². The van der Waals surface area contributed by atoms with Gasteiger partial charge in [0.25, 0.3) is 0 Å². The second-order valence-electron chi connectivity index (χ2n) is 5.03. The third-order valence-electron chi connectivity index (χ3n) is 3.50. The molecule has 0 aromatic carbocycles. The standard InChI is InChI=1S/C12H22N4O/c1-15(11-4-2-3-5-11)8-12(17)9-16-7-10(13)6-14-16/h6-7,11-12,17H,2-5,8-9,13H2,1H3. The minimum atomic E-state index is -0.389. The number of hydrogen-bond donors (Lipinski definition) is 2. The maximum atomic E-state index is 10.00. The average molecular weight is 238 g/mol. The molecule has 0 amide bonds. The van der Waals surface area contributed by atoms with E-state index in [2.05, 4.69) is 17.0 Å². The second kappa shape index (κ2) is 5.51. The van der Waals surface area contributed by atoms with Crippen LogP contribution in [0.15, 0.2) is 12.4 Å². The molecule has 1 aromatic heterocycles. The van der Waals surface area contributed by atoms with E-state index in [1.807, 2.05) is 0 Å². The monoisotopic (exact) mass is 238 g/mol. The summed E-state index contributed by atoms with van der Waals surface area (Å²) in [5, 5.41) is 14.1. The third kappa shape index (κ3) is 3.44. The van der Waals surface area contributed by atoms with Gasteiger partial charge in [0, 0.05) is 18.8 Å². The van der Waals surface area contributed by atoms with Crippen molar-refractivity contribution in [3.8, 4) is 0 Å². The minimum Gasteiger partial charge on any atom is -0.396 e. The molecule has 0 aliphatic heterocycles. The van der Waals surface area contributed by atoms with Crippen LogP contribution in [0.1, 0.15) is 25.7 Å². The molecule has 1 aliphatic carbocycles. The molecule has 1 aromatic rings. The van der Waals surface area contributed by atoms with Gasteiger partial charge in [-0.1, -0.05) is 12.8 Å². The molecule has 5 heteroatoms. The third-order valence-corrected chi connectivity index (χ3v) is 3.50. The van der Waals surface area contributed by atoms with E-state index in [1.165, 1.54) is 25.7 Å². The van der Waals surface area contributed by atoms with E-state index in [0.29, 0.717) is 24.8 Å². The van der Waals surface area contributed by atoms with Crippen molar-refractivity contribution in [3.63, 3.8) is 0 Å². The van der Waals surface area contributed by atoms with Crippen molar-refractivity contribution in [2.24, 2.45) is 0 Å². The maximum absolute atomic E-state index is 10.00. The summed E-state index contributed by atoms with van der Waals surface area (Å²) >= 11 is 0. The highest BCUT2D eigenvalue weighted by Gasteiger charge is 2.21. The Morgan fingerprint density at radius 3 is 2.88 bits per heavy atom. The smallest absolute Gasteiger partial charge is 0.0862 e. The molecule has 17 heavy (non-hydrogen) atoms. The van der Waals surface area contributed by atoms with Crippen LogP contribution < -0.4 is 5.73 Å². The molecule has 1 saturated carbocycles. The van der Waals surface area contributed by atoms with Crippen LogP contribution in [0, 0.1) is 0 Å². The van der Waals surface area contributed by atoms with Gasteiger partial charge in [-0.2, -0.15) is 5.10 Å². The number of aromatic nitrogens is 2. The molecular weight excluding hydrogens is 216 g/mol. The van der Waals surface area contributed by atoms with Gasteiger partial charge in [0.15, 0.2) is 0 Å². The van der Waals surface area contributed by atoms with Crippen molar-refractivity contribution in [3.05, 3.63) is 12.4 Å². The van der Waals surface area contributed by atoms with Gasteiger partial charge in [0.1, 0.15) is 0 Å². The molecule has 1 heterocycles. The molecule has 0 radical (unpaired) electrons. The summed E-state index contributed by atoms with van der Waals surface area (Å²) < 4.78 is 1.70. The normalized spacial score (nSPS) is 19.0. The Balaban J connectivity index is 1.78. The van der Waals surface area contributed by atoms with E-state index in [9.17, 15) is 5.11 Å². The zero-order valence-corrected chi connectivity index (χ0v) is 10.4. The van der Waals surface area contributed by atoms with E-state index in [4.69, 9.17) is 5.73 Å². The van der Waals surface area contributed by atoms with E-state index in [-0.39, 0.29) is 6.10 Å². The largest absolute Gasteiger partial charge is 0.396 e. The van der Waals surface area contributed by atoms with Crippen LogP contribution in [0.4, 0.5) is 5.69 Å². The van der Waals surface area contributed by atoms with Gasteiger partial charge in [-0.15, -0.1) is 0 Å². The first kappa shape index (κ1) is 12.4. The molecule has 96 valence electrons. The highest BCUT2D eigenvalue weighted by atomic mass is 16.3. The molecule has 1 aliphatic rings. The first-order valence-electron chi connectivity index (χ1n) is 6.31.